The average molecular weight is 428 g/mol. The number of sulfonamides is 1. The highest BCUT2D eigenvalue weighted by Crippen LogP contribution is 2.38. The minimum Gasteiger partial charge on any atom is -0.497 e. The third kappa shape index (κ3) is 4.80. The van der Waals surface area contributed by atoms with Crippen LogP contribution in [0.4, 0.5) is 0 Å². The molecule has 0 aliphatic carbocycles. The molecule has 1 heterocycles. The molecular weight excluding hydrogens is 390 g/mol. The molecule has 0 aromatic heterocycles. The van der Waals surface area contributed by atoms with Crippen LogP contribution in [0.5, 0.6) is 5.75 Å². The van der Waals surface area contributed by atoms with Gasteiger partial charge in [-0.05, 0) is 68.1 Å². The van der Waals surface area contributed by atoms with Crippen molar-refractivity contribution in [3.63, 3.8) is 0 Å². The van der Waals surface area contributed by atoms with Gasteiger partial charge in [-0.1, -0.05) is 27.2 Å². The summed E-state index contributed by atoms with van der Waals surface area (Å²) in [5, 5.41) is 0.106. The van der Waals surface area contributed by atoms with E-state index in [-0.39, 0.29) is 11.1 Å². The van der Waals surface area contributed by atoms with E-state index in [9.17, 15) is 8.42 Å². The largest absolute Gasteiger partial charge is 0.497 e. The van der Waals surface area contributed by atoms with Gasteiger partial charge in [0.2, 0.25) is 10.0 Å². The van der Waals surface area contributed by atoms with Gasteiger partial charge in [0, 0.05) is 12.6 Å². The van der Waals surface area contributed by atoms with Crippen molar-refractivity contribution < 1.29 is 17.6 Å². The highest BCUT2D eigenvalue weighted by Gasteiger charge is 2.40. The quantitative estimate of drug-likeness (QED) is 0.607. The predicted octanol–water partition coefficient (Wildman–Crippen LogP) is 4.88. The van der Waals surface area contributed by atoms with Crippen molar-refractivity contribution in [2.75, 3.05) is 20.3 Å². The first-order valence-electron chi connectivity index (χ1n) is 10.1. The molecule has 1 aromatic rings. The summed E-state index contributed by atoms with van der Waals surface area (Å²) < 4.78 is 40.6. The van der Waals surface area contributed by atoms with Gasteiger partial charge >= 0.3 is 0 Å². The summed E-state index contributed by atoms with van der Waals surface area (Å²) in [5.74, 6) is 0.686. The Morgan fingerprint density at radius 1 is 1.14 bits per heavy atom. The molecule has 0 saturated carbocycles. The normalized spacial score (nSPS) is 19.6. The first kappa shape index (κ1) is 23.4. The van der Waals surface area contributed by atoms with Gasteiger partial charge in [-0.2, -0.15) is 4.31 Å². The summed E-state index contributed by atoms with van der Waals surface area (Å²) in [6, 6.07) is 3.49. The number of aryl methyl sites for hydroxylation is 2. The Balaban J connectivity index is 2.33. The first-order valence-corrected chi connectivity index (χ1v) is 14.5. The number of hydrogen-bond donors (Lipinski definition) is 0. The third-order valence-electron chi connectivity index (χ3n) is 6.25. The van der Waals surface area contributed by atoms with Crippen molar-refractivity contribution in [2.45, 2.75) is 83.0 Å². The first-order chi connectivity index (χ1) is 12.8. The van der Waals surface area contributed by atoms with E-state index in [1.807, 2.05) is 13.8 Å². The Labute approximate surface area is 172 Å². The van der Waals surface area contributed by atoms with Gasteiger partial charge in [-0.3, -0.25) is 0 Å². The molecule has 1 fully saturated rings. The Bertz CT molecular complexity index is 776. The third-order valence-corrected chi connectivity index (χ3v) is 13.0. The summed E-state index contributed by atoms with van der Waals surface area (Å²) in [5.41, 5.74) is 1.46. The summed E-state index contributed by atoms with van der Waals surface area (Å²) in [6.07, 6.45) is 2.78. The summed E-state index contributed by atoms with van der Waals surface area (Å²) in [6.45, 7) is 15.8. The van der Waals surface area contributed by atoms with Gasteiger partial charge < -0.3 is 9.16 Å². The Kier molecular flexibility index (Phi) is 7.07. The number of hydrogen-bond acceptors (Lipinski definition) is 4. The lowest BCUT2D eigenvalue weighted by molar-refractivity contribution is 0.159. The van der Waals surface area contributed by atoms with Crippen molar-refractivity contribution in [3.05, 3.63) is 23.3 Å². The van der Waals surface area contributed by atoms with Crippen LogP contribution in [-0.4, -0.2) is 47.3 Å². The average Bonchev–Trinajstić information content (AvgIpc) is 2.58. The molecule has 0 N–H and O–H groups in total. The summed E-state index contributed by atoms with van der Waals surface area (Å²) in [7, 11) is -3.92. The van der Waals surface area contributed by atoms with Crippen molar-refractivity contribution in [3.8, 4) is 5.75 Å². The van der Waals surface area contributed by atoms with E-state index in [0.717, 1.165) is 30.4 Å². The van der Waals surface area contributed by atoms with Gasteiger partial charge in [0.1, 0.15) is 5.75 Å². The molecule has 1 atom stereocenters. The minimum atomic E-state index is -3.59. The molecule has 28 heavy (non-hydrogen) atoms. The van der Waals surface area contributed by atoms with Crippen LogP contribution in [0.2, 0.25) is 18.1 Å². The van der Waals surface area contributed by atoms with E-state index < -0.39 is 18.3 Å². The maximum absolute atomic E-state index is 13.6. The number of piperidine rings is 1. The van der Waals surface area contributed by atoms with E-state index in [1.54, 1.807) is 23.5 Å². The predicted molar refractivity (Wildman–Crippen MR) is 117 cm³/mol. The maximum atomic E-state index is 13.6. The van der Waals surface area contributed by atoms with Gasteiger partial charge in [0.25, 0.3) is 0 Å². The molecule has 1 aliphatic rings. The molecule has 1 aliphatic heterocycles. The maximum Gasteiger partial charge on any atom is 0.243 e. The second kappa shape index (κ2) is 8.46. The van der Waals surface area contributed by atoms with Gasteiger partial charge in [-0.25, -0.2) is 8.42 Å². The number of benzene rings is 1. The number of rotatable bonds is 6. The molecule has 0 radical (unpaired) electrons. The fourth-order valence-corrected chi connectivity index (χ4v) is 6.67. The number of ether oxygens (including phenoxy) is 1. The highest BCUT2D eigenvalue weighted by atomic mass is 32.2. The fourth-order valence-electron chi connectivity index (χ4n) is 3.53. The molecule has 1 aromatic carbocycles. The summed E-state index contributed by atoms with van der Waals surface area (Å²) >= 11 is 0. The SMILES string of the molecule is COc1cc(C)c(S(=O)(=O)N2CCCCC2CO[Si](C)(C)C(C)(C)C)c(C)c1. The molecule has 5 nitrogen and oxygen atoms in total. The second-order valence-electron chi connectivity index (χ2n) is 9.43. The smallest absolute Gasteiger partial charge is 0.243 e. The van der Waals surface area contributed by atoms with Crippen LogP contribution in [0, 0.1) is 13.8 Å². The summed E-state index contributed by atoms with van der Waals surface area (Å²) in [4.78, 5) is 0.410. The van der Waals surface area contributed by atoms with E-state index in [4.69, 9.17) is 9.16 Å². The van der Waals surface area contributed by atoms with Crippen LogP contribution in [0.25, 0.3) is 0 Å². The lowest BCUT2D eigenvalue weighted by Crippen LogP contribution is -2.50. The standard InChI is InChI=1S/C21H37NO4SSi/c1-16-13-19(25-6)14-17(2)20(16)27(23,24)22-12-10-9-11-18(22)15-26-28(7,8)21(3,4)5/h13-14,18H,9-12,15H2,1-8H3. The lowest BCUT2D eigenvalue weighted by atomic mass is 10.1. The van der Waals surface area contributed by atoms with Gasteiger partial charge in [-0.15, -0.1) is 0 Å². The van der Waals surface area contributed by atoms with Crippen molar-refractivity contribution in [1.29, 1.82) is 0 Å². The molecule has 2 rings (SSSR count). The van der Waals surface area contributed by atoms with Gasteiger partial charge in [0.15, 0.2) is 8.32 Å². The Hall–Kier alpha value is -0.893. The van der Waals surface area contributed by atoms with Crippen LogP contribution in [0.1, 0.15) is 51.2 Å². The van der Waals surface area contributed by atoms with Gasteiger partial charge in [0.05, 0.1) is 18.6 Å². The van der Waals surface area contributed by atoms with E-state index in [2.05, 4.69) is 33.9 Å². The molecular formula is C21H37NO4SSi. The van der Waals surface area contributed by atoms with Crippen molar-refractivity contribution >= 4 is 18.3 Å². The van der Waals surface area contributed by atoms with Crippen LogP contribution >= 0.6 is 0 Å². The molecule has 0 amide bonds. The van der Waals surface area contributed by atoms with Crippen LogP contribution in [0.3, 0.4) is 0 Å². The Morgan fingerprint density at radius 3 is 2.21 bits per heavy atom. The van der Waals surface area contributed by atoms with E-state index >= 15 is 0 Å². The minimum absolute atomic E-state index is 0.103. The zero-order chi connectivity index (χ0) is 21.3. The lowest BCUT2D eigenvalue weighted by Gasteiger charge is -2.40. The number of methoxy groups -OCH3 is 1. The molecule has 1 saturated heterocycles. The zero-order valence-corrected chi connectivity index (χ0v) is 20.6. The monoisotopic (exact) mass is 427 g/mol. The zero-order valence-electron chi connectivity index (χ0n) is 18.8. The van der Waals surface area contributed by atoms with Crippen molar-refractivity contribution in [2.24, 2.45) is 0 Å². The van der Waals surface area contributed by atoms with Crippen LogP contribution < -0.4 is 4.74 Å². The topological polar surface area (TPSA) is 55.8 Å². The molecule has 0 bridgehead atoms. The molecule has 0 spiro atoms. The number of nitrogens with zero attached hydrogens (tertiary/aromatic N) is 1. The molecule has 7 heteroatoms. The van der Waals surface area contributed by atoms with Crippen LogP contribution in [0.15, 0.2) is 17.0 Å². The molecule has 1 unspecified atom stereocenters. The van der Waals surface area contributed by atoms with E-state index in [0.29, 0.717) is 23.8 Å². The van der Waals surface area contributed by atoms with Crippen LogP contribution in [-0.2, 0) is 14.4 Å². The molecule has 160 valence electrons. The van der Waals surface area contributed by atoms with Crippen molar-refractivity contribution in [1.82, 2.24) is 4.31 Å². The second-order valence-corrected chi connectivity index (χ2v) is 16.1. The highest BCUT2D eigenvalue weighted by molar-refractivity contribution is 7.89. The van der Waals surface area contributed by atoms with E-state index in [1.165, 1.54) is 0 Å². The Morgan fingerprint density at radius 2 is 1.71 bits per heavy atom. The fraction of sp³-hybridized carbons (Fsp3) is 0.714.